The second kappa shape index (κ2) is 5.59. The first-order valence-electron chi connectivity index (χ1n) is 7.82. The summed E-state index contributed by atoms with van der Waals surface area (Å²) in [7, 11) is 3.19. The van der Waals surface area contributed by atoms with Gasteiger partial charge in [0.15, 0.2) is 5.65 Å². The summed E-state index contributed by atoms with van der Waals surface area (Å²) in [4.78, 5) is 31.4. The Balaban J connectivity index is 2.36. The summed E-state index contributed by atoms with van der Waals surface area (Å²) in [5.41, 5.74) is 1.82. The summed E-state index contributed by atoms with van der Waals surface area (Å²) >= 11 is 0. The van der Waals surface area contributed by atoms with Crippen LogP contribution in [0.15, 0.2) is 15.8 Å². The molecule has 0 N–H and O–H groups in total. The van der Waals surface area contributed by atoms with Gasteiger partial charge in [0.2, 0.25) is 0 Å². The zero-order valence-corrected chi connectivity index (χ0v) is 13.4. The molecule has 0 atom stereocenters. The average Bonchev–Trinajstić information content (AvgIpc) is 2.79. The van der Waals surface area contributed by atoms with Crippen molar-refractivity contribution in [2.45, 2.75) is 32.6 Å². The van der Waals surface area contributed by atoms with Gasteiger partial charge in [-0.3, -0.25) is 13.9 Å². The van der Waals surface area contributed by atoms with E-state index in [1.165, 1.54) is 29.0 Å². The summed E-state index contributed by atoms with van der Waals surface area (Å²) < 4.78 is 2.63. The molecule has 0 bridgehead atoms. The number of aryl methyl sites for hydroxylation is 2. The van der Waals surface area contributed by atoms with E-state index in [1.54, 1.807) is 13.2 Å². The molecule has 118 valence electrons. The van der Waals surface area contributed by atoms with E-state index in [0.717, 1.165) is 37.2 Å². The maximum atomic E-state index is 12.7. The number of fused-ring (bicyclic) bond motifs is 1. The quantitative estimate of drug-likeness (QED) is 0.797. The Kier molecular flexibility index (Phi) is 3.76. The molecule has 1 fully saturated rings. The van der Waals surface area contributed by atoms with Crippen LogP contribution in [0.2, 0.25) is 0 Å². The number of aromatic nitrogens is 3. The number of hydrogen-bond acceptors (Lipinski definition) is 4. The highest BCUT2D eigenvalue weighted by atomic mass is 16.2. The minimum Gasteiger partial charge on any atom is -0.371 e. The highest BCUT2D eigenvalue weighted by Gasteiger charge is 2.20. The monoisotopic (exact) mass is 302 g/mol. The Bertz CT molecular complexity index is 827. The van der Waals surface area contributed by atoms with Gasteiger partial charge in [-0.2, -0.15) is 0 Å². The summed E-state index contributed by atoms with van der Waals surface area (Å²) in [5.74, 6) is 0. The van der Waals surface area contributed by atoms with Crippen molar-refractivity contribution < 1.29 is 0 Å². The van der Waals surface area contributed by atoms with Gasteiger partial charge < -0.3 is 4.90 Å². The van der Waals surface area contributed by atoms with Crippen molar-refractivity contribution >= 4 is 16.7 Å². The lowest BCUT2D eigenvalue weighted by molar-refractivity contribution is 0.705. The van der Waals surface area contributed by atoms with E-state index in [2.05, 4.69) is 9.88 Å². The molecule has 0 saturated carbocycles. The molecule has 6 nitrogen and oxygen atoms in total. The molecule has 6 heteroatoms. The van der Waals surface area contributed by atoms with Crippen molar-refractivity contribution in [3.8, 4) is 0 Å². The van der Waals surface area contributed by atoms with Gasteiger partial charge in [-0.15, -0.1) is 0 Å². The molecular weight excluding hydrogens is 280 g/mol. The van der Waals surface area contributed by atoms with Gasteiger partial charge in [0.1, 0.15) is 5.39 Å². The van der Waals surface area contributed by atoms with Crippen LogP contribution in [0.1, 0.15) is 31.2 Å². The second-order valence-electron chi connectivity index (χ2n) is 6.10. The van der Waals surface area contributed by atoms with Gasteiger partial charge >= 0.3 is 5.69 Å². The van der Waals surface area contributed by atoms with Crippen LogP contribution in [0.25, 0.3) is 11.0 Å². The number of pyridine rings is 1. The Morgan fingerprint density at radius 3 is 2.27 bits per heavy atom. The van der Waals surface area contributed by atoms with Crippen LogP contribution < -0.4 is 16.1 Å². The predicted octanol–water partition coefficient (Wildman–Crippen LogP) is 1.32. The summed E-state index contributed by atoms with van der Waals surface area (Å²) in [5, 5.41) is 0.562. The maximum Gasteiger partial charge on any atom is 0.332 e. The fourth-order valence-electron chi connectivity index (χ4n) is 3.31. The molecule has 1 saturated heterocycles. The van der Waals surface area contributed by atoms with Crippen molar-refractivity contribution in [2.75, 3.05) is 18.0 Å². The molecule has 0 unspecified atom stereocenters. The van der Waals surface area contributed by atoms with Gasteiger partial charge in [0.25, 0.3) is 5.56 Å². The van der Waals surface area contributed by atoms with Crippen molar-refractivity contribution in [3.63, 3.8) is 0 Å². The van der Waals surface area contributed by atoms with E-state index in [-0.39, 0.29) is 11.2 Å². The van der Waals surface area contributed by atoms with E-state index >= 15 is 0 Å². The highest BCUT2D eigenvalue weighted by molar-refractivity contribution is 5.90. The van der Waals surface area contributed by atoms with E-state index in [4.69, 9.17) is 0 Å². The topological polar surface area (TPSA) is 60.1 Å². The molecule has 2 aromatic heterocycles. The van der Waals surface area contributed by atoms with Crippen LogP contribution >= 0.6 is 0 Å². The number of rotatable bonds is 1. The van der Waals surface area contributed by atoms with Crippen molar-refractivity contribution in [3.05, 3.63) is 32.6 Å². The zero-order chi connectivity index (χ0) is 15.9. The number of hydrogen-bond donors (Lipinski definition) is 0. The van der Waals surface area contributed by atoms with Crippen molar-refractivity contribution in [1.82, 2.24) is 14.1 Å². The van der Waals surface area contributed by atoms with Crippen LogP contribution in [-0.2, 0) is 14.1 Å². The molecule has 0 amide bonds. The van der Waals surface area contributed by atoms with Crippen LogP contribution in [0.3, 0.4) is 0 Å². The first-order chi connectivity index (χ1) is 10.5. The Morgan fingerprint density at radius 1 is 1.00 bits per heavy atom. The van der Waals surface area contributed by atoms with E-state index < -0.39 is 0 Å². The molecule has 0 radical (unpaired) electrons. The van der Waals surface area contributed by atoms with Crippen LogP contribution in [0.4, 0.5) is 5.69 Å². The summed E-state index contributed by atoms with van der Waals surface area (Å²) in [6.45, 7) is 3.88. The lowest BCUT2D eigenvalue weighted by atomic mass is 10.1. The summed E-state index contributed by atoms with van der Waals surface area (Å²) in [6, 6.07) is 0. The third-order valence-corrected chi connectivity index (χ3v) is 4.55. The second-order valence-corrected chi connectivity index (χ2v) is 6.10. The normalized spacial score (nSPS) is 16.0. The first-order valence-corrected chi connectivity index (χ1v) is 7.82. The summed E-state index contributed by atoms with van der Waals surface area (Å²) in [6.07, 6.45) is 6.50. The molecule has 22 heavy (non-hydrogen) atoms. The fourth-order valence-corrected chi connectivity index (χ4v) is 3.31. The molecule has 1 aliphatic heterocycles. The first kappa shape index (κ1) is 14.8. The predicted molar refractivity (Wildman–Crippen MR) is 87.6 cm³/mol. The average molecular weight is 302 g/mol. The molecule has 2 aromatic rings. The van der Waals surface area contributed by atoms with E-state index in [1.807, 2.05) is 6.92 Å². The van der Waals surface area contributed by atoms with Gasteiger partial charge in [0.05, 0.1) is 5.69 Å². The molecule has 1 aliphatic rings. The van der Waals surface area contributed by atoms with Gasteiger partial charge in [-0.25, -0.2) is 9.78 Å². The van der Waals surface area contributed by atoms with Crippen LogP contribution in [0, 0.1) is 6.92 Å². The van der Waals surface area contributed by atoms with Crippen molar-refractivity contribution in [1.29, 1.82) is 0 Å². The molecule has 0 aliphatic carbocycles. The Hall–Kier alpha value is -2.11. The van der Waals surface area contributed by atoms with E-state index in [0.29, 0.717) is 11.0 Å². The maximum absolute atomic E-state index is 12.7. The molecule has 0 aromatic carbocycles. The third kappa shape index (κ3) is 2.23. The highest BCUT2D eigenvalue weighted by Crippen LogP contribution is 2.28. The SMILES string of the molecule is Cc1cnc2c(c1N1CCCCCC1)c(=O)n(C)c(=O)n2C. The minimum absolute atomic E-state index is 0.256. The van der Waals surface area contributed by atoms with Crippen LogP contribution in [0.5, 0.6) is 0 Å². The fraction of sp³-hybridized carbons (Fsp3) is 0.562. The largest absolute Gasteiger partial charge is 0.371 e. The molecule has 3 rings (SSSR count). The smallest absolute Gasteiger partial charge is 0.332 e. The number of anilines is 1. The molecule has 0 spiro atoms. The minimum atomic E-state index is -0.337. The lowest BCUT2D eigenvalue weighted by Crippen LogP contribution is -2.38. The standard InChI is InChI=1S/C16H22N4O2/c1-11-10-17-14-12(15(21)19(3)16(22)18(14)2)13(11)20-8-6-4-5-7-9-20/h10H,4-9H2,1-3H3. The molecular formula is C16H22N4O2. The lowest BCUT2D eigenvalue weighted by Gasteiger charge is -2.26. The Labute approximate surface area is 129 Å². The van der Waals surface area contributed by atoms with Crippen LogP contribution in [-0.4, -0.2) is 27.2 Å². The zero-order valence-electron chi connectivity index (χ0n) is 13.4. The third-order valence-electron chi connectivity index (χ3n) is 4.55. The number of nitrogens with zero attached hydrogens (tertiary/aromatic N) is 4. The van der Waals surface area contributed by atoms with Crippen molar-refractivity contribution in [2.24, 2.45) is 14.1 Å². The molecule has 3 heterocycles. The van der Waals surface area contributed by atoms with E-state index in [9.17, 15) is 9.59 Å². The Morgan fingerprint density at radius 2 is 1.64 bits per heavy atom. The van der Waals surface area contributed by atoms with Gasteiger partial charge in [0, 0.05) is 33.4 Å². The van der Waals surface area contributed by atoms with Gasteiger partial charge in [-0.05, 0) is 25.3 Å². The van der Waals surface area contributed by atoms with Gasteiger partial charge in [-0.1, -0.05) is 12.8 Å².